The van der Waals surface area contributed by atoms with Crippen molar-refractivity contribution in [3.63, 3.8) is 0 Å². The lowest BCUT2D eigenvalue weighted by Crippen LogP contribution is -2.66. The third-order valence-electron chi connectivity index (χ3n) is 4.85. The van der Waals surface area contributed by atoms with Gasteiger partial charge in [0.2, 0.25) is 0 Å². The van der Waals surface area contributed by atoms with Gasteiger partial charge in [0.05, 0.1) is 0 Å². The summed E-state index contributed by atoms with van der Waals surface area (Å²) in [4.78, 5) is 2.73. The lowest BCUT2D eigenvalue weighted by Gasteiger charge is -2.51. The first-order valence-corrected chi connectivity index (χ1v) is 6.85. The largest absolute Gasteiger partial charge is 0.305 e. The molecule has 0 aromatic carbocycles. The molecule has 0 saturated carbocycles. The summed E-state index contributed by atoms with van der Waals surface area (Å²) in [6.07, 6.45) is 2.60. The maximum atomic E-state index is 3.91. The van der Waals surface area contributed by atoms with Crippen LogP contribution >= 0.6 is 0 Å². The highest BCUT2D eigenvalue weighted by Gasteiger charge is 2.56. The summed E-state index contributed by atoms with van der Waals surface area (Å²) in [5.74, 6) is 0.720. The Balaban J connectivity index is 2.27. The number of rotatable bonds is 2. The Morgan fingerprint density at radius 2 is 2.00 bits per heavy atom. The van der Waals surface area contributed by atoms with Gasteiger partial charge >= 0.3 is 0 Å². The Labute approximate surface area is 101 Å². The molecular formula is C14H28N2. The summed E-state index contributed by atoms with van der Waals surface area (Å²) >= 11 is 0. The number of nitrogens with one attached hydrogen (secondary N) is 1. The average molecular weight is 224 g/mol. The molecule has 1 N–H and O–H groups in total. The third-order valence-corrected chi connectivity index (χ3v) is 4.85. The molecule has 2 aliphatic heterocycles. The van der Waals surface area contributed by atoms with E-state index in [1.165, 1.54) is 19.4 Å². The van der Waals surface area contributed by atoms with Gasteiger partial charge in [-0.3, -0.25) is 4.90 Å². The van der Waals surface area contributed by atoms with Gasteiger partial charge in [-0.1, -0.05) is 20.8 Å². The maximum Gasteiger partial charge on any atom is 0.0361 e. The summed E-state index contributed by atoms with van der Waals surface area (Å²) in [5, 5.41) is 3.91. The minimum atomic E-state index is 0.316. The molecule has 2 saturated heterocycles. The molecule has 3 atom stereocenters. The minimum Gasteiger partial charge on any atom is -0.305 e. The van der Waals surface area contributed by atoms with Gasteiger partial charge in [-0.05, 0) is 39.5 Å². The van der Waals surface area contributed by atoms with Crippen molar-refractivity contribution in [3.05, 3.63) is 0 Å². The van der Waals surface area contributed by atoms with Crippen LogP contribution in [-0.4, -0.2) is 34.6 Å². The molecule has 0 aromatic rings. The summed E-state index contributed by atoms with van der Waals surface area (Å²) in [7, 11) is 0. The molecule has 2 rings (SSSR count). The van der Waals surface area contributed by atoms with Gasteiger partial charge in [0.15, 0.2) is 0 Å². The lowest BCUT2D eigenvalue weighted by molar-refractivity contribution is 0.0173. The van der Waals surface area contributed by atoms with Crippen molar-refractivity contribution in [1.29, 1.82) is 0 Å². The van der Waals surface area contributed by atoms with Crippen molar-refractivity contribution in [2.75, 3.05) is 6.54 Å². The van der Waals surface area contributed by atoms with Gasteiger partial charge < -0.3 is 5.32 Å². The van der Waals surface area contributed by atoms with Gasteiger partial charge in [0.1, 0.15) is 0 Å². The van der Waals surface area contributed by atoms with Gasteiger partial charge in [0, 0.05) is 29.7 Å². The molecular weight excluding hydrogens is 196 g/mol. The van der Waals surface area contributed by atoms with E-state index < -0.39 is 0 Å². The highest BCUT2D eigenvalue weighted by Crippen LogP contribution is 2.44. The second-order valence-corrected chi connectivity index (χ2v) is 6.96. The molecule has 0 radical (unpaired) electrons. The Morgan fingerprint density at radius 3 is 2.38 bits per heavy atom. The van der Waals surface area contributed by atoms with Crippen molar-refractivity contribution < 1.29 is 0 Å². The minimum absolute atomic E-state index is 0.316. The number of hydrogen-bond donors (Lipinski definition) is 1. The zero-order valence-corrected chi connectivity index (χ0v) is 11.8. The molecule has 2 heterocycles. The van der Waals surface area contributed by atoms with Crippen molar-refractivity contribution in [2.45, 2.75) is 77.5 Å². The Bertz CT molecular complexity index is 266. The van der Waals surface area contributed by atoms with E-state index in [1.54, 1.807) is 0 Å². The third kappa shape index (κ3) is 1.62. The topological polar surface area (TPSA) is 15.3 Å². The Hall–Kier alpha value is -0.0800. The first-order chi connectivity index (χ1) is 7.31. The van der Waals surface area contributed by atoms with E-state index in [0.29, 0.717) is 11.1 Å². The lowest BCUT2D eigenvalue weighted by atomic mass is 9.77. The Kier molecular flexibility index (Phi) is 2.87. The molecule has 3 unspecified atom stereocenters. The fourth-order valence-electron chi connectivity index (χ4n) is 3.94. The normalized spacial score (nSPS) is 39.9. The molecule has 0 amide bonds. The Morgan fingerprint density at radius 1 is 1.38 bits per heavy atom. The van der Waals surface area contributed by atoms with Crippen molar-refractivity contribution in [3.8, 4) is 0 Å². The van der Waals surface area contributed by atoms with Crippen molar-refractivity contribution in [2.24, 2.45) is 5.92 Å². The predicted molar refractivity (Wildman–Crippen MR) is 69.6 cm³/mol. The molecule has 16 heavy (non-hydrogen) atoms. The fourth-order valence-corrected chi connectivity index (χ4v) is 3.94. The SMILES string of the molecule is CCC1(C(C)C)NC2CC1N(C(C)(C)C)C2. The van der Waals surface area contributed by atoms with Crippen LogP contribution in [0.25, 0.3) is 0 Å². The van der Waals surface area contributed by atoms with Gasteiger partial charge in [-0.15, -0.1) is 0 Å². The summed E-state index contributed by atoms with van der Waals surface area (Å²) in [6, 6.07) is 1.47. The summed E-state index contributed by atoms with van der Waals surface area (Å²) < 4.78 is 0. The van der Waals surface area contributed by atoms with E-state index >= 15 is 0 Å². The highest BCUT2D eigenvalue weighted by atomic mass is 15.3. The number of hydrogen-bond acceptors (Lipinski definition) is 2. The standard InChI is InChI=1S/C14H28N2/c1-7-14(10(2)3)12-8-11(15-14)9-16(12)13(4,5)6/h10-12,15H,7-9H2,1-6H3. The summed E-state index contributed by atoms with van der Waals surface area (Å²) in [6.45, 7) is 15.4. The van der Waals surface area contributed by atoms with Crippen LogP contribution in [0.15, 0.2) is 0 Å². The zero-order chi connectivity index (χ0) is 12.1. The molecule has 2 heteroatoms. The summed E-state index contributed by atoms with van der Waals surface area (Å²) in [5.41, 5.74) is 0.674. The van der Waals surface area contributed by atoms with Crippen molar-refractivity contribution in [1.82, 2.24) is 10.2 Å². The second kappa shape index (κ2) is 3.71. The molecule has 0 aromatic heterocycles. The van der Waals surface area contributed by atoms with E-state index in [0.717, 1.165) is 18.0 Å². The van der Waals surface area contributed by atoms with Gasteiger partial charge in [-0.25, -0.2) is 0 Å². The first-order valence-electron chi connectivity index (χ1n) is 6.85. The van der Waals surface area contributed by atoms with Crippen LogP contribution < -0.4 is 5.32 Å². The number of fused-ring (bicyclic) bond motifs is 2. The van der Waals surface area contributed by atoms with E-state index in [-0.39, 0.29) is 0 Å². The number of likely N-dealkylation sites (tertiary alicyclic amines) is 1. The number of piperazine rings is 1. The first kappa shape index (κ1) is 12.4. The van der Waals surface area contributed by atoms with Crippen LogP contribution in [0.5, 0.6) is 0 Å². The van der Waals surface area contributed by atoms with E-state index in [2.05, 4.69) is 51.8 Å². The van der Waals surface area contributed by atoms with Crippen LogP contribution in [0, 0.1) is 5.92 Å². The van der Waals surface area contributed by atoms with E-state index in [4.69, 9.17) is 0 Å². The van der Waals surface area contributed by atoms with Crippen molar-refractivity contribution >= 4 is 0 Å². The molecule has 2 bridgehead atoms. The molecule has 2 aliphatic rings. The van der Waals surface area contributed by atoms with E-state index in [9.17, 15) is 0 Å². The van der Waals surface area contributed by atoms with Crippen LogP contribution in [0.1, 0.15) is 54.4 Å². The highest BCUT2D eigenvalue weighted by molar-refractivity contribution is 5.16. The van der Waals surface area contributed by atoms with Gasteiger partial charge in [0.25, 0.3) is 0 Å². The predicted octanol–water partition coefficient (Wildman–Crippen LogP) is 2.64. The molecule has 2 nitrogen and oxygen atoms in total. The van der Waals surface area contributed by atoms with E-state index in [1.807, 2.05) is 0 Å². The molecule has 2 fully saturated rings. The maximum absolute atomic E-state index is 3.91. The van der Waals surface area contributed by atoms with Crippen LogP contribution in [0.2, 0.25) is 0 Å². The second-order valence-electron chi connectivity index (χ2n) is 6.96. The van der Waals surface area contributed by atoms with Gasteiger partial charge in [-0.2, -0.15) is 0 Å². The fraction of sp³-hybridized carbons (Fsp3) is 1.00. The van der Waals surface area contributed by atoms with Crippen LogP contribution in [-0.2, 0) is 0 Å². The number of nitrogens with zero attached hydrogens (tertiary/aromatic N) is 1. The zero-order valence-electron chi connectivity index (χ0n) is 11.8. The van der Waals surface area contributed by atoms with Crippen LogP contribution in [0.4, 0.5) is 0 Å². The van der Waals surface area contributed by atoms with Crippen LogP contribution in [0.3, 0.4) is 0 Å². The molecule has 0 spiro atoms. The monoisotopic (exact) mass is 224 g/mol. The smallest absolute Gasteiger partial charge is 0.0361 e. The molecule has 0 aliphatic carbocycles. The molecule has 94 valence electrons. The quantitative estimate of drug-likeness (QED) is 0.776. The average Bonchev–Trinajstić information content (AvgIpc) is 2.72.